The maximum atomic E-state index is 14.2. The van der Waals surface area contributed by atoms with E-state index < -0.39 is 23.0 Å². The lowest BCUT2D eigenvalue weighted by molar-refractivity contribution is -0.223. The van der Waals surface area contributed by atoms with Gasteiger partial charge >= 0.3 is 11.8 Å². The Balaban J connectivity index is 2.34. The lowest BCUT2D eigenvalue weighted by atomic mass is 9.96. The monoisotopic (exact) mass is 348 g/mol. The molecule has 0 unspecified atom stereocenters. The van der Waals surface area contributed by atoms with Gasteiger partial charge in [0.15, 0.2) is 0 Å². The molecule has 1 nitrogen and oxygen atoms in total. The van der Waals surface area contributed by atoms with Gasteiger partial charge in [0.1, 0.15) is 5.75 Å². The van der Waals surface area contributed by atoms with Gasteiger partial charge in [-0.3, -0.25) is 0 Å². The molecule has 0 aliphatic rings. The quantitative estimate of drug-likeness (QED) is 0.597. The molecule has 0 fully saturated rings. The van der Waals surface area contributed by atoms with E-state index in [0.717, 1.165) is 36.4 Å². The minimum Gasteiger partial charge on any atom is -0.494 e. The second-order valence-electron chi connectivity index (χ2n) is 4.71. The number of benzene rings is 2. The first-order valence-corrected chi connectivity index (χ1v) is 7.42. The summed E-state index contributed by atoms with van der Waals surface area (Å²) in [7, 11) is 0. The fourth-order valence-corrected chi connectivity index (χ4v) is 2.24. The third-order valence-electron chi connectivity index (χ3n) is 3.23. The standard InChI is InChI=1S/C16H13F5OS/c1-2-22-13-7-3-11(4-8-13)15(17,18)16(19,20)12-5-9-14(23-21)10-6-12/h3-10H,2H2,1H3. The largest absolute Gasteiger partial charge is 0.494 e. The highest BCUT2D eigenvalue weighted by atomic mass is 32.2. The van der Waals surface area contributed by atoms with Crippen molar-refractivity contribution in [1.29, 1.82) is 0 Å². The summed E-state index contributed by atoms with van der Waals surface area (Å²) in [6.45, 7) is 2.06. The Labute approximate surface area is 134 Å². The molecule has 0 atom stereocenters. The van der Waals surface area contributed by atoms with Gasteiger partial charge in [0, 0.05) is 16.0 Å². The first kappa shape index (κ1) is 17.6. The van der Waals surface area contributed by atoms with Crippen molar-refractivity contribution in [3.8, 4) is 5.75 Å². The predicted molar refractivity (Wildman–Crippen MR) is 78.8 cm³/mol. The van der Waals surface area contributed by atoms with Crippen LogP contribution in [0, 0.1) is 0 Å². The van der Waals surface area contributed by atoms with Crippen LogP contribution in [0.25, 0.3) is 0 Å². The van der Waals surface area contributed by atoms with Crippen molar-refractivity contribution in [2.75, 3.05) is 6.61 Å². The molecule has 0 spiro atoms. The Morgan fingerprint density at radius 3 is 1.65 bits per heavy atom. The van der Waals surface area contributed by atoms with Gasteiger partial charge in [-0.1, -0.05) is 12.1 Å². The molecule has 0 saturated carbocycles. The molecule has 124 valence electrons. The number of rotatable bonds is 6. The summed E-state index contributed by atoms with van der Waals surface area (Å²) in [6.07, 6.45) is 0. The van der Waals surface area contributed by atoms with Crippen LogP contribution in [0.1, 0.15) is 18.1 Å². The van der Waals surface area contributed by atoms with E-state index in [0.29, 0.717) is 12.4 Å². The Morgan fingerprint density at radius 2 is 1.26 bits per heavy atom. The van der Waals surface area contributed by atoms with E-state index in [1.54, 1.807) is 6.92 Å². The lowest BCUT2D eigenvalue weighted by Gasteiger charge is -2.27. The van der Waals surface area contributed by atoms with Gasteiger partial charge in [0.25, 0.3) is 0 Å². The fraction of sp³-hybridized carbons (Fsp3) is 0.250. The Kier molecular flexibility index (Phi) is 5.19. The Hall–Kier alpha value is -1.76. The molecule has 0 aromatic heterocycles. The van der Waals surface area contributed by atoms with Gasteiger partial charge in [-0.2, -0.15) is 21.4 Å². The molecule has 7 heteroatoms. The molecule has 2 aromatic carbocycles. The maximum Gasteiger partial charge on any atom is 0.339 e. The summed E-state index contributed by atoms with van der Waals surface area (Å²) < 4.78 is 74.4. The van der Waals surface area contributed by atoms with Crippen molar-refractivity contribution in [3.63, 3.8) is 0 Å². The number of alkyl halides is 4. The van der Waals surface area contributed by atoms with Crippen molar-refractivity contribution in [1.82, 2.24) is 0 Å². The van der Waals surface area contributed by atoms with Crippen LogP contribution in [0.15, 0.2) is 53.4 Å². The first-order valence-electron chi connectivity index (χ1n) is 6.71. The van der Waals surface area contributed by atoms with E-state index in [1.807, 2.05) is 0 Å². The van der Waals surface area contributed by atoms with Crippen LogP contribution >= 0.6 is 12.1 Å². The van der Waals surface area contributed by atoms with E-state index in [-0.39, 0.29) is 17.0 Å². The molecular formula is C16H13F5OS. The summed E-state index contributed by atoms with van der Waals surface area (Å²) >= 11 is -0.148. The van der Waals surface area contributed by atoms with Gasteiger partial charge in [-0.05, 0) is 43.3 Å². The molecular weight excluding hydrogens is 335 g/mol. The van der Waals surface area contributed by atoms with E-state index in [9.17, 15) is 21.4 Å². The number of ether oxygens (including phenoxy) is 1. The van der Waals surface area contributed by atoms with Crippen LogP contribution in [0.2, 0.25) is 0 Å². The van der Waals surface area contributed by atoms with Crippen LogP contribution < -0.4 is 4.74 Å². The molecule has 0 radical (unpaired) electrons. The molecule has 0 heterocycles. The minimum absolute atomic E-state index is 0.0638. The average Bonchev–Trinajstić information content (AvgIpc) is 2.55. The van der Waals surface area contributed by atoms with Crippen LogP contribution in [-0.4, -0.2) is 6.61 Å². The molecule has 2 aromatic rings. The highest BCUT2D eigenvalue weighted by molar-refractivity contribution is 7.94. The van der Waals surface area contributed by atoms with Gasteiger partial charge in [0.2, 0.25) is 0 Å². The second kappa shape index (κ2) is 6.78. The molecule has 2 rings (SSSR count). The van der Waals surface area contributed by atoms with Gasteiger partial charge in [-0.25, -0.2) is 0 Å². The maximum absolute atomic E-state index is 14.2. The third-order valence-corrected chi connectivity index (χ3v) is 3.68. The number of hydrogen-bond acceptors (Lipinski definition) is 2. The van der Waals surface area contributed by atoms with E-state index in [2.05, 4.69) is 0 Å². The zero-order chi connectivity index (χ0) is 17.1. The molecule has 23 heavy (non-hydrogen) atoms. The van der Waals surface area contributed by atoms with Crippen molar-refractivity contribution in [2.45, 2.75) is 23.7 Å². The van der Waals surface area contributed by atoms with Gasteiger partial charge < -0.3 is 4.74 Å². The van der Waals surface area contributed by atoms with Crippen molar-refractivity contribution >= 4 is 12.1 Å². The fourth-order valence-electron chi connectivity index (χ4n) is 2.01. The van der Waals surface area contributed by atoms with Gasteiger partial charge in [-0.15, -0.1) is 0 Å². The van der Waals surface area contributed by atoms with Crippen molar-refractivity contribution in [2.24, 2.45) is 0 Å². The highest BCUT2D eigenvalue weighted by Crippen LogP contribution is 2.49. The summed E-state index contributed by atoms with van der Waals surface area (Å²) in [5.41, 5.74) is -1.70. The Morgan fingerprint density at radius 1 is 0.826 bits per heavy atom. The summed E-state index contributed by atoms with van der Waals surface area (Å²) in [6, 6.07) is 7.89. The molecule has 0 amide bonds. The zero-order valence-electron chi connectivity index (χ0n) is 12.0. The normalized spacial score (nSPS) is 12.3. The summed E-state index contributed by atoms with van der Waals surface area (Å²) in [5, 5.41) is 0. The summed E-state index contributed by atoms with van der Waals surface area (Å²) in [4.78, 5) is 0.0638. The van der Waals surface area contributed by atoms with Crippen LogP contribution in [0.3, 0.4) is 0 Å². The SMILES string of the molecule is CCOc1ccc(C(F)(F)C(F)(F)c2ccc(SF)cc2)cc1. The van der Waals surface area contributed by atoms with E-state index >= 15 is 0 Å². The number of hydrogen-bond donors (Lipinski definition) is 0. The van der Waals surface area contributed by atoms with Gasteiger partial charge in [0.05, 0.1) is 18.8 Å². The lowest BCUT2D eigenvalue weighted by Crippen LogP contribution is -2.35. The van der Waals surface area contributed by atoms with Crippen molar-refractivity contribution < 1.29 is 26.2 Å². The van der Waals surface area contributed by atoms with Crippen LogP contribution in [0.5, 0.6) is 5.75 Å². The zero-order valence-corrected chi connectivity index (χ0v) is 12.8. The molecule has 0 saturated heterocycles. The molecule has 0 N–H and O–H groups in total. The smallest absolute Gasteiger partial charge is 0.339 e. The molecule has 0 bridgehead atoms. The van der Waals surface area contributed by atoms with E-state index in [1.165, 1.54) is 12.1 Å². The predicted octanol–water partition coefficient (Wildman–Crippen LogP) is 5.95. The van der Waals surface area contributed by atoms with E-state index in [4.69, 9.17) is 4.74 Å². The second-order valence-corrected chi connectivity index (χ2v) is 5.33. The molecule has 0 aliphatic heterocycles. The minimum atomic E-state index is -4.43. The topological polar surface area (TPSA) is 9.23 Å². The Bertz CT molecular complexity index is 641. The van der Waals surface area contributed by atoms with Crippen LogP contribution in [-0.2, 0) is 11.8 Å². The number of halogens is 5. The molecule has 0 aliphatic carbocycles. The summed E-state index contributed by atoms with van der Waals surface area (Å²) in [5.74, 6) is -8.53. The first-order chi connectivity index (χ1) is 10.8. The highest BCUT2D eigenvalue weighted by Gasteiger charge is 2.58. The van der Waals surface area contributed by atoms with Crippen LogP contribution in [0.4, 0.5) is 21.4 Å². The third kappa shape index (κ3) is 3.44. The average molecular weight is 348 g/mol. The van der Waals surface area contributed by atoms with Crippen molar-refractivity contribution in [3.05, 3.63) is 59.7 Å².